The molecule has 50 heavy (non-hydrogen) atoms. The summed E-state index contributed by atoms with van der Waals surface area (Å²) >= 11 is 0. The largest absolute Gasteiger partial charge is 0.496 e. The molecule has 0 saturated heterocycles. The highest BCUT2D eigenvalue weighted by Crippen LogP contribution is 2.46. The summed E-state index contributed by atoms with van der Waals surface area (Å²) in [5, 5.41) is 14.8. The first-order chi connectivity index (χ1) is 24.7. The molecule has 0 aliphatic carbocycles. The van der Waals surface area contributed by atoms with Gasteiger partial charge in [0.1, 0.15) is 5.75 Å². The number of hydrogen-bond donors (Lipinski definition) is 0. The maximum Gasteiger partial charge on any atom is 0.127 e. The monoisotopic (exact) mass is 636 g/mol. The van der Waals surface area contributed by atoms with Crippen molar-refractivity contribution in [2.24, 2.45) is 0 Å². The van der Waals surface area contributed by atoms with Crippen LogP contribution in [0.5, 0.6) is 5.75 Å². The molecule has 0 saturated carbocycles. The minimum absolute atomic E-state index is 0.865. The molecule has 0 atom stereocenters. The standard InChI is InChI=1S/C49H32O/c1-50-49-30-48-43(38-22-19-32-11-3-6-14-35(32)25-38)28-45-41-17-9-8-16-40(41)42(37-21-18-31-10-2-5-13-34(31)24-37)27-46(45)47(48)29-44(49)39-23-20-33-12-4-7-15-36(33)26-39/h2-30H,1H3. The second-order valence-electron chi connectivity index (χ2n) is 13.3. The molecule has 10 rings (SSSR count). The Labute approximate surface area is 290 Å². The van der Waals surface area contributed by atoms with Crippen LogP contribution in [0.25, 0.3) is 98.0 Å². The SMILES string of the molecule is COc1cc2c(-c3ccc4ccccc4c3)cc3c4ccccc4c(-c4ccc5ccccc5c4)cc3c2cc1-c1ccc2ccccc2c1. The molecule has 0 radical (unpaired) electrons. The molecule has 0 bridgehead atoms. The number of methoxy groups -OCH3 is 1. The Morgan fingerprint density at radius 1 is 0.280 bits per heavy atom. The molecule has 1 nitrogen and oxygen atoms in total. The lowest BCUT2D eigenvalue weighted by Gasteiger charge is -2.19. The Morgan fingerprint density at radius 2 is 0.660 bits per heavy atom. The van der Waals surface area contributed by atoms with Crippen LogP contribution < -0.4 is 4.74 Å². The lowest BCUT2D eigenvalue weighted by molar-refractivity contribution is 0.417. The summed E-state index contributed by atoms with van der Waals surface area (Å²) in [5.41, 5.74) is 7.08. The van der Waals surface area contributed by atoms with Gasteiger partial charge < -0.3 is 4.74 Å². The van der Waals surface area contributed by atoms with Gasteiger partial charge in [0, 0.05) is 5.56 Å². The van der Waals surface area contributed by atoms with E-state index in [1.165, 1.54) is 86.9 Å². The summed E-state index contributed by atoms with van der Waals surface area (Å²) in [6.07, 6.45) is 0. The Balaban J connectivity index is 1.33. The van der Waals surface area contributed by atoms with Gasteiger partial charge in [-0.2, -0.15) is 0 Å². The van der Waals surface area contributed by atoms with Gasteiger partial charge in [0.05, 0.1) is 7.11 Å². The van der Waals surface area contributed by atoms with Gasteiger partial charge in [-0.25, -0.2) is 0 Å². The van der Waals surface area contributed by atoms with E-state index >= 15 is 0 Å². The first-order valence-corrected chi connectivity index (χ1v) is 17.2. The third kappa shape index (κ3) is 4.55. The minimum Gasteiger partial charge on any atom is -0.496 e. The van der Waals surface area contributed by atoms with Crippen LogP contribution in [0.4, 0.5) is 0 Å². The lowest BCUT2D eigenvalue weighted by atomic mass is 9.86. The zero-order valence-corrected chi connectivity index (χ0v) is 27.7. The predicted octanol–water partition coefficient (Wildman–Crippen LogP) is 13.6. The number of ether oxygens (including phenoxy) is 1. The zero-order valence-electron chi connectivity index (χ0n) is 27.7. The molecule has 0 aliphatic heterocycles. The maximum atomic E-state index is 6.20. The van der Waals surface area contributed by atoms with Crippen molar-refractivity contribution >= 4 is 64.6 Å². The Kier molecular flexibility index (Phi) is 6.47. The third-order valence-electron chi connectivity index (χ3n) is 10.5. The van der Waals surface area contributed by atoms with E-state index in [9.17, 15) is 0 Å². The first kappa shape index (κ1) is 28.6. The topological polar surface area (TPSA) is 9.23 Å². The highest BCUT2D eigenvalue weighted by molar-refractivity contribution is 6.25. The highest BCUT2D eigenvalue weighted by Gasteiger charge is 2.18. The van der Waals surface area contributed by atoms with Crippen LogP contribution in [0.15, 0.2) is 176 Å². The van der Waals surface area contributed by atoms with Crippen molar-refractivity contribution in [1.29, 1.82) is 0 Å². The van der Waals surface area contributed by atoms with Crippen molar-refractivity contribution < 1.29 is 4.74 Å². The molecular formula is C49H32O. The molecule has 1 heteroatoms. The minimum atomic E-state index is 0.865. The molecule has 0 N–H and O–H groups in total. The van der Waals surface area contributed by atoms with Gasteiger partial charge >= 0.3 is 0 Å². The Bertz CT molecular complexity index is 2970. The molecular weight excluding hydrogens is 605 g/mol. The van der Waals surface area contributed by atoms with Crippen LogP contribution in [0.1, 0.15) is 0 Å². The van der Waals surface area contributed by atoms with E-state index in [-0.39, 0.29) is 0 Å². The van der Waals surface area contributed by atoms with Crippen molar-refractivity contribution in [3.8, 4) is 39.1 Å². The second kappa shape index (κ2) is 11.3. The fraction of sp³-hybridized carbons (Fsp3) is 0.0204. The number of hydrogen-bond acceptors (Lipinski definition) is 1. The molecule has 10 aromatic carbocycles. The summed E-state index contributed by atoms with van der Waals surface area (Å²) < 4.78 is 6.20. The zero-order chi connectivity index (χ0) is 33.2. The van der Waals surface area contributed by atoms with Crippen LogP contribution >= 0.6 is 0 Å². The predicted molar refractivity (Wildman–Crippen MR) is 214 cm³/mol. The molecule has 10 aromatic rings. The average Bonchev–Trinajstić information content (AvgIpc) is 3.19. The summed E-state index contributed by atoms with van der Waals surface area (Å²) in [6.45, 7) is 0. The van der Waals surface area contributed by atoms with E-state index in [4.69, 9.17) is 4.74 Å². The Hall–Kier alpha value is -6.44. The van der Waals surface area contributed by atoms with Gasteiger partial charge in [0.15, 0.2) is 0 Å². The van der Waals surface area contributed by atoms with Crippen molar-refractivity contribution in [2.45, 2.75) is 0 Å². The van der Waals surface area contributed by atoms with Crippen molar-refractivity contribution in [2.75, 3.05) is 7.11 Å². The summed E-state index contributed by atoms with van der Waals surface area (Å²) in [6, 6.07) is 64.5. The third-order valence-corrected chi connectivity index (χ3v) is 10.5. The van der Waals surface area contributed by atoms with Gasteiger partial charge in [-0.3, -0.25) is 0 Å². The fourth-order valence-corrected chi connectivity index (χ4v) is 7.97. The van der Waals surface area contributed by atoms with E-state index in [0.717, 1.165) is 16.9 Å². The van der Waals surface area contributed by atoms with Gasteiger partial charge in [-0.05, 0) is 135 Å². The quantitative estimate of drug-likeness (QED) is 0.175. The van der Waals surface area contributed by atoms with E-state index < -0.39 is 0 Å². The Morgan fingerprint density at radius 3 is 1.18 bits per heavy atom. The van der Waals surface area contributed by atoms with E-state index in [2.05, 4.69) is 176 Å². The van der Waals surface area contributed by atoms with E-state index in [0.29, 0.717) is 0 Å². The van der Waals surface area contributed by atoms with Crippen molar-refractivity contribution in [3.05, 3.63) is 176 Å². The second-order valence-corrected chi connectivity index (χ2v) is 13.3. The van der Waals surface area contributed by atoms with Gasteiger partial charge in [0.25, 0.3) is 0 Å². The van der Waals surface area contributed by atoms with Crippen LogP contribution in [-0.2, 0) is 0 Å². The summed E-state index contributed by atoms with van der Waals surface area (Å²) in [7, 11) is 1.79. The van der Waals surface area contributed by atoms with Gasteiger partial charge in [0.2, 0.25) is 0 Å². The molecule has 0 unspecified atom stereocenters. The molecule has 0 heterocycles. The van der Waals surface area contributed by atoms with Crippen molar-refractivity contribution in [3.63, 3.8) is 0 Å². The van der Waals surface area contributed by atoms with Crippen LogP contribution in [0.3, 0.4) is 0 Å². The van der Waals surface area contributed by atoms with Crippen LogP contribution in [0.2, 0.25) is 0 Å². The maximum absolute atomic E-state index is 6.20. The molecule has 0 spiro atoms. The van der Waals surface area contributed by atoms with Gasteiger partial charge in [-0.1, -0.05) is 133 Å². The highest BCUT2D eigenvalue weighted by atomic mass is 16.5. The molecule has 0 aromatic heterocycles. The fourth-order valence-electron chi connectivity index (χ4n) is 7.97. The summed E-state index contributed by atoms with van der Waals surface area (Å²) in [5.74, 6) is 0.865. The van der Waals surface area contributed by atoms with Crippen LogP contribution in [-0.4, -0.2) is 7.11 Å². The lowest BCUT2D eigenvalue weighted by Crippen LogP contribution is -1.93. The average molecular weight is 637 g/mol. The summed E-state index contributed by atoms with van der Waals surface area (Å²) in [4.78, 5) is 0. The first-order valence-electron chi connectivity index (χ1n) is 17.2. The smallest absolute Gasteiger partial charge is 0.127 e. The molecule has 0 amide bonds. The van der Waals surface area contributed by atoms with E-state index in [1.54, 1.807) is 7.11 Å². The number of rotatable bonds is 4. The van der Waals surface area contributed by atoms with E-state index in [1.807, 2.05) is 0 Å². The normalized spacial score (nSPS) is 11.7. The number of benzene rings is 10. The van der Waals surface area contributed by atoms with Gasteiger partial charge in [-0.15, -0.1) is 0 Å². The van der Waals surface area contributed by atoms with Crippen molar-refractivity contribution in [1.82, 2.24) is 0 Å². The molecule has 234 valence electrons. The number of fused-ring (bicyclic) bond motifs is 8. The molecule has 0 aliphatic rings. The van der Waals surface area contributed by atoms with Crippen LogP contribution in [0, 0.1) is 0 Å². The molecule has 0 fully saturated rings.